The van der Waals surface area contributed by atoms with Gasteiger partial charge in [0.2, 0.25) is 0 Å². The van der Waals surface area contributed by atoms with Crippen LogP contribution in [0.2, 0.25) is 5.02 Å². The van der Waals surface area contributed by atoms with Crippen molar-refractivity contribution in [3.8, 4) is 0 Å². The average Bonchev–Trinajstić information content (AvgIpc) is 2.76. The van der Waals surface area contributed by atoms with Crippen LogP contribution in [0.25, 0.3) is 0 Å². The van der Waals surface area contributed by atoms with Crippen molar-refractivity contribution in [1.29, 1.82) is 0 Å². The van der Waals surface area contributed by atoms with Crippen LogP contribution in [-0.4, -0.2) is 29.2 Å². The predicted octanol–water partition coefficient (Wildman–Crippen LogP) is 3.34. The van der Waals surface area contributed by atoms with Crippen molar-refractivity contribution in [3.63, 3.8) is 0 Å². The quantitative estimate of drug-likeness (QED) is 0.765. The van der Waals surface area contributed by atoms with Gasteiger partial charge in [0.25, 0.3) is 5.91 Å². The zero-order valence-electron chi connectivity index (χ0n) is 9.13. The van der Waals surface area contributed by atoms with E-state index in [0.717, 1.165) is 24.8 Å². The molecule has 0 aliphatic carbocycles. The summed E-state index contributed by atoms with van der Waals surface area (Å²) in [6.07, 6.45) is 0.996. The second-order valence-electron chi connectivity index (χ2n) is 4.18. The molecule has 2 rings (SSSR count). The van der Waals surface area contributed by atoms with Crippen molar-refractivity contribution < 1.29 is 9.18 Å². The van der Waals surface area contributed by atoms with Crippen LogP contribution >= 0.6 is 27.5 Å². The fourth-order valence-electron chi connectivity index (χ4n) is 1.98. The number of benzene rings is 1. The van der Waals surface area contributed by atoms with E-state index >= 15 is 0 Å². The van der Waals surface area contributed by atoms with E-state index in [1.54, 1.807) is 4.90 Å². The van der Waals surface area contributed by atoms with Crippen molar-refractivity contribution >= 4 is 33.4 Å². The molecule has 1 aromatic carbocycles. The van der Waals surface area contributed by atoms with Crippen molar-refractivity contribution in [2.75, 3.05) is 18.4 Å². The molecule has 1 aliphatic heterocycles. The molecule has 1 heterocycles. The lowest BCUT2D eigenvalue weighted by molar-refractivity contribution is 0.0788. The fraction of sp³-hybridized carbons (Fsp3) is 0.417. The zero-order chi connectivity index (χ0) is 12.4. The van der Waals surface area contributed by atoms with Gasteiger partial charge in [0.05, 0.1) is 10.6 Å². The molecule has 17 heavy (non-hydrogen) atoms. The van der Waals surface area contributed by atoms with Crippen molar-refractivity contribution in [3.05, 3.63) is 34.6 Å². The monoisotopic (exact) mass is 319 g/mol. The standard InChI is InChI=1S/C12H12BrClFNO/c13-6-8-3-4-16(7-8)12(17)10-2-1-9(15)5-11(10)14/h1-2,5,8H,3-4,6-7H2. The third kappa shape index (κ3) is 2.80. The number of carbonyl (C=O) groups is 1. The summed E-state index contributed by atoms with van der Waals surface area (Å²) in [7, 11) is 0. The molecule has 92 valence electrons. The summed E-state index contributed by atoms with van der Waals surface area (Å²) in [6.45, 7) is 1.47. The summed E-state index contributed by atoms with van der Waals surface area (Å²) in [5.41, 5.74) is 0.378. The summed E-state index contributed by atoms with van der Waals surface area (Å²) >= 11 is 9.30. The van der Waals surface area contributed by atoms with E-state index in [1.807, 2.05) is 0 Å². The normalized spacial score (nSPS) is 19.7. The fourth-order valence-corrected chi connectivity index (χ4v) is 2.75. The van der Waals surface area contributed by atoms with Gasteiger partial charge in [-0.1, -0.05) is 27.5 Å². The van der Waals surface area contributed by atoms with Crippen LogP contribution in [0.4, 0.5) is 4.39 Å². The van der Waals surface area contributed by atoms with E-state index in [-0.39, 0.29) is 10.9 Å². The Labute approximate surface area is 113 Å². The first-order chi connectivity index (χ1) is 8.11. The molecule has 1 unspecified atom stereocenters. The number of hydrogen-bond acceptors (Lipinski definition) is 1. The molecular formula is C12H12BrClFNO. The number of hydrogen-bond donors (Lipinski definition) is 0. The van der Waals surface area contributed by atoms with E-state index in [2.05, 4.69) is 15.9 Å². The highest BCUT2D eigenvalue weighted by atomic mass is 79.9. The second-order valence-corrected chi connectivity index (χ2v) is 5.24. The molecule has 0 bridgehead atoms. The SMILES string of the molecule is O=C(c1ccc(F)cc1Cl)N1CCC(CBr)C1. The van der Waals surface area contributed by atoms with Crippen LogP contribution in [0.15, 0.2) is 18.2 Å². The molecule has 0 N–H and O–H groups in total. The minimum atomic E-state index is -0.425. The molecule has 1 atom stereocenters. The van der Waals surface area contributed by atoms with Gasteiger partial charge in [-0.05, 0) is 30.5 Å². The third-order valence-corrected chi connectivity index (χ3v) is 4.18. The number of nitrogens with zero attached hydrogens (tertiary/aromatic N) is 1. The zero-order valence-corrected chi connectivity index (χ0v) is 11.5. The summed E-state index contributed by atoms with van der Waals surface area (Å²) in [5, 5.41) is 1.07. The molecular weight excluding hydrogens is 308 g/mol. The van der Waals surface area contributed by atoms with E-state index < -0.39 is 5.82 Å². The number of carbonyl (C=O) groups excluding carboxylic acids is 1. The Hall–Kier alpha value is -0.610. The van der Waals surface area contributed by atoms with Crippen LogP contribution in [0.5, 0.6) is 0 Å². The van der Waals surface area contributed by atoms with Gasteiger partial charge in [0.1, 0.15) is 5.82 Å². The topological polar surface area (TPSA) is 20.3 Å². The Morgan fingerprint density at radius 3 is 2.94 bits per heavy atom. The van der Waals surface area contributed by atoms with E-state index in [9.17, 15) is 9.18 Å². The molecule has 1 fully saturated rings. The summed E-state index contributed by atoms with van der Waals surface area (Å²) in [6, 6.07) is 3.88. The first-order valence-electron chi connectivity index (χ1n) is 5.42. The van der Waals surface area contributed by atoms with Gasteiger partial charge in [-0.2, -0.15) is 0 Å². The molecule has 2 nitrogen and oxygen atoms in total. The average molecular weight is 321 g/mol. The van der Waals surface area contributed by atoms with Crippen molar-refractivity contribution in [2.24, 2.45) is 5.92 Å². The Morgan fingerprint density at radius 2 is 2.35 bits per heavy atom. The lowest BCUT2D eigenvalue weighted by Gasteiger charge is -2.16. The molecule has 5 heteroatoms. The van der Waals surface area contributed by atoms with Gasteiger partial charge >= 0.3 is 0 Å². The lowest BCUT2D eigenvalue weighted by atomic mass is 10.1. The van der Waals surface area contributed by atoms with Crippen molar-refractivity contribution in [1.82, 2.24) is 4.90 Å². The Morgan fingerprint density at radius 1 is 1.59 bits per heavy atom. The number of amides is 1. The Kier molecular flexibility index (Phi) is 4.05. The van der Waals surface area contributed by atoms with Crippen molar-refractivity contribution in [2.45, 2.75) is 6.42 Å². The third-order valence-electron chi connectivity index (χ3n) is 2.95. The number of rotatable bonds is 2. The van der Waals surface area contributed by atoms with Gasteiger partial charge in [-0.25, -0.2) is 4.39 Å². The molecule has 0 radical (unpaired) electrons. The van der Waals surface area contributed by atoms with Crippen LogP contribution in [0, 0.1) is 11.7 Å². The summed E-state index contributed by atoms with van der Waals surface area (Å²) < 4.78 is 12.9. The maximum atomic E-state index is 12.9. The first kappa shape index (κ1) is 12.8. The largest absolute Gasteiger partial charge is 0.338 e. The summed E-state index contributed by atoms with van der Waals surface area (Å²) in [4.78, 5) is 13.9. The van der Waals surface area contributed by atoms with Crippen LogP contribution in [0.3, 0.4) is 0 Å². The Bertz CT molecular complexity index is 441. The summed E-state index contributed by atoms with van der Waals surface area (Å²) in [5.74, 6) is -0.0390. The predicted molar refractivity (Wildman–Crippen MR) is 69.2 cm³/mol. The van der Waals surface area contributed by atoms with Gasteiger partial charge in [-0.15, -0.1) is 0 Å². The molecule has 1 aromatic rings. The minimum Gasteiger partial charge on any atom is -0.338 e. The van der Waals surface area contributed by atoms with Crippen LogP contribution in [0.1, 0.15) is 16.8 Å². The van der Waals surface area contributed by atoms with Gasteiger partial charge in [0, 0.05) is 18.4 Å². The highest BCUT2D eigenvalue weighted by Gasteiger charge is 2.27. The van der Waals surface area contributed by atoms with Crippen LogP contribution < -0.4 is 0 Å². The van der Waals surface area contributed by atoms with Gasteiger partial charge in [-0.3, -0.25) is 4.79 Å². The molecule has 0 spiro atoms. The lowest BCUT2D eigenvalue weighted by Crippen LogP contribution is -2.29. The van der Waals surface area contributed by atoms with Gasteiger partial charge in [0.15, 0.2) is 0 Å². The number of alkyl halides is 1. The smallest absolute Gasteiger partial charge is 0.255 e. The molecule has 0 saturated carbocycles. The Balaban J connectivity index is 2.15. The number of likely N-dealkylation sites (tertiary alicyclic amines) is 1. The highest BCUT2D eigenvalue weighted by Crippen LogP contribution is 2.24. The highest BCUT2D eigenvalue weighted by molar-refractivity contribution is 9.09. The van der Waals surface area contributed by atoms with Gasteiger partial charge < -0.3 is 4.90 Å². The molecule has 1 amide bonds. The maximum absolute atomic E-state index is 12.9. The first-order valence-corrected chi connectivity index (χ1v) is 6.92. The number of halogens is 3. The van der Waals surface area contributed by atoms with E-state index in [4.69, 9.17) is 11.6 Å². The maximum Gasteiger partial charge on any atom is 0.255 e. The molecule has 0 aromatic heterocycles. The van der Waals surface area contributed by atoms with E-state index in [0.29, 0.717) is 11.5 Å². The molecule has 1 saturated heterocycles. The van der Waals surface area contributed by atoms with E-state index in [1.165, 1.54) is 18.2 Å². The minimum absolute atomic E-state index is 0.113. The molecule has 1 aliphatic rings. The second kappa shape index (κ2) is 5.36. The van der Waals surface area contributed by atoms with Crippen LogP contribution in [-0.2, 0) is 0 Å².